The lowest BCUT2D eigenvalue weighted by Gasteiger charge is -2.03. The number of aromatic nitrogens is 1. The van der Waals surface area contributed by atoms with E-state index in [1.807, 2.05) is 60.7 Å². The van der Waals surface area contributed by atoms with Crippen molar-refractivity contribution in [2.24, 2.45) is 0 Å². The minimum atomic E-state index is 0.637. The summed E-state index contributed by atoms with van der Waals surface area (Å²) in [7, 11) is 0. The number of para-hydroxylation sites is 1. The highest BCUT2D eigenvalue weighted by molar-refractivity contribution is 5.99. The maximum Gasteiger partial charge on any atom is 0.101 e. The number of hydrogen-bond acceptors (Lipinski definition) is 1. The van der Waals surface area contributed by atoms with Crippen molar-refractivity contribution in [3.8, 4) is 6.07 Å². The van der Waals surface area contributed by atoms with Gasteiger partial charge in [-0.3, -0.25) is 0 Å². The quantitative estimate of drug-likeness (QED) is 0.495. The van der Waals surface area contributed by atoms with E-state index in [0.29, 0.717) is 5.57 Å². The topological polar surface area (TPSA) is 39.6 Å². The molecular formula is C21H14N2. The van der Waals surface area contributed by atoms with E-state index in [2.05, 4.69) is 29.3 Å². The van der Waals surface area contributed by atoms with Crippen LogP contribution < -0.4 is 0 Å². The summed E-state index contributed by atoms with van der Waals surface area (Å²) in [6.07, 6.45) is 1.95. The molecule has 0 saturated carbocycles. The maximum absolute atomic E-state index is 9.60. The van der Waals surface area contributed by atoms with Crippen molar-refractivity contribution in [1.29, 1.82) is 5.26 Å². The lowest BCUT2D eigenvalue weighted by Crippen LogP contribution is -1.83. The highest BCUT2D eigenvalue weighted by Crippen LogP contribution is 2.25. The van der Waals surface area contributed by atoms with Gasteiger partial charge in [0.05, 0.1) is 11.3 Å². The van der Waals surface area contributed by atoms with Gasteiger partial charge in [0.1, 0.15) is 6.07 Å². The van der Waals surface area contributed by atoms with Crippen molar-refractivity contribution in [1.82, 2.24) is 4.98 Å². The van der Waals surface area contributed by atoms with E-state index < -0.39 is 0 Å². The molecule has 0 aliphatic heterocycles. The van der Waals surface area contributed by atoms with Crippen LogP contribution in [0.5, 0.6) is 0 Å². The standard InChI is InChI=1S/C21H14N2/c22-14-18(21-13-17-7-2-4-11-20(17)23-21)12-16-9-5-8-15-6-1-3-10-19(15)16/h1-13,23H/b18-12+. The summed E-state index contributed by atoms with van der Waals surface area (Å²) < 4.78 is 0. The average molecular weight is 294 g/mol. The summed E-state index contributed by atoms with van der Waals surface area (Å²) in [5, 5.41) is 13.0. The number of nitrogens with zero attached hydrogens (tertiary/aromatic N) is 1. The summed E-state index contributed by atoms with van der Waals surface area (Å²) in [5.41, 5.74) is 3.58. The summed E-state index contributed by atoms with van der Waals surface area (Å²) in [6.45, 7) is 0. The van der Waals surface area contributed by atoms with Gasteiger partial charge in [-0.2, -0.15) is 5.26 Å². The third kappa shape index (κ3) is 2.39. The van der Waals surface area contributed by atoms with E-state index in [1.165, 1.54) is 5.39 Å². The maximum atomic E-state index is 9.60. The van der Waals surface area contributed by atoms with Crippen molar-refractivity contribution >= 4 is 33.3 Å². The number of nitrogens with one attached hydrogen (secondary N) is 1. The number of hydrogen-bond donors (Lipinski definition) is 1. The Kier molecular flexibility index (Phi) is 3.18. The molecule has 2 nitrogen and oxygen atoms in total. The first-order valence-electron chi connectivity index (χ1n) is 7.53. The second-order valence-electron chi connectivity index (χ2n) is 5.51. The van der Waals surface area contributed by atoms with E-state index in [1.54, 1.807) is 0 Å². The zero-order valence-electron chi connectivity index (χ0n) is 12.5. The highest BCUT2D eigenvalue weighted by atomic mass is 14.7. The van der Waals surface area contributed by atoms with Crippen LogP contribution in [0.3, 0.4) is 0 Å². The molecule has 1 N–H and O–H groups in total. The minimum Gasteiger partial charge on any atom is -0.354 e. The van der Waals surface area contributed by atoms with Gasteiger partial charge in [-0.15, -0.1) is 0 Å². The Morgan fingerprint density at radius 3 is 2.43 bits per heavy atom. The first-order chi connectivity index (χ1) is 11.3. The van der Waals surface area contributed by atoms with E-state index in [9.17, 15) is 5.26 Å². The zero-order chi connectivity index (χ0) is 15.6. The molecule has 0 fully saturated rings. The lowest BCUT2D eigenvalue weighted by molar-refractivity contribution is 1.40. The van der Waals surface area contributed by atoms with Crippen LogP contribution in [0.25, 0.3) is 33.3 Å². The zero-order valence-corrected chi connectivity index (χ0v) is 12.5. The van der Waals surface area contributed by atoms with Gasteiger partial charge in [-0.05, 0) is 34.5 Å². The van der Waals surface area contributed by atoms with Crippen LogP contribution in [-0.4, -0.2) is 4.98 Å². The fourth-order valence-electron chi connectivity index (χ4n) is 2.92. The molecule has 0 spiro atoms. The summed E-state index contributed by atoms with van der Waals surface area (Å²) in [5.74, 6) is 0. The molecule has 23 heavy (non-hydrogen) atoms. The van der Waals surface area contributed by atoms with Gasteiger partial charge in [0.25, 0.3) is 0 Å². The molecule has 0 aliphatic carbocycles. The van der Waals surface area contributed by atoms with Gasteiger partial charge in [0.2, 0.25) is 0 Å². The molecular weight excluding hydrogens is 280 g/mol. The number of fused-ring (bicyclic) bond motifs is 2. The largest absolute Gasteiger partial charge is 0.354 e. The van der Waals surface area contributed by atoms with Gasteiger partial charge in [0.15, 0.2) is 0 Å². The molecule has 0 radical (unpaired) electrons. The Hall–Kier alpha value is -3.31. The van der Waals surface area contributed by atoms with Crippen LogP contribution in [-0.2, 0) is 0 Å². The Labute approximate surface area is 134 Å². The Morgan fingerprint density at radius 2 is 1.61 bits per heavy atom. The van der Waals surface area contributed by atoms with Crippen molar-refractivity contribution in [2.45, 2.75) is 0 Å². The van der Waals surface area contributed by atoms with Crippen molar-refractivity contribution in [2.75, 3.05) is 0 Å². The van der Waals surface area contributed by atoms with Crippen LogP contribution in [0.4, 0.5) is 0 Å². The fraction of sp³-hybridized carbons (Fsp3) is 0. The van der Waals surface area contributed by atoms with Crippen molar-refractivity contribution in [3.63, 3.8) is 0 Å². The number of allylic oxidation sites excluding steroid dienone is 1. The monoisotopic (exact) mass is 294 g/mol. The summed E-state index contributed by atoms with van der Waals surface area (Å²) >= 11 is 0. The number of nitriles is 1. The predicted molar refractivity (Wildman–Crippen MR) is 95.7 cm³/mol. The fourth-order valence-corrected chi connectivity index (χ4v) is 2.92. The first kappa shape index (κ1) is 13.4. The number of benzene rings is 3. The van der Waals surface area contributed by atoms with Crippen molar-refractivity contribution < 1.29 is 0 Å². The number of rotatable bonds is 2. The second-order valence-corrected chi connectivity index (χ2v) is 5.51. The second kappa shape index (κ2) is 5.47. The van der Waals surface area contributed by atoms with Gasteiger partial charge in [-0.1, -0.05) is 60.7 Å². The molecule has 108 valence electrons. The van der Waals surface area contributed by atoms with Gasteiger partial charge < -0.3 is 4.98 Å². The highest BCUT2D eigenvalue weighted by Gasteiger charge is 2.07. The lowest BCUT2D eigenvalue weighted by atomic mass is 10.0. The Morgan fingerprint density at radius 1 is 0.870 bits per heavy atom. The molecule has 0 saturated heterocycles. The number of aromatic amines is 1. The van der Waals surface area contributed by atoms with E-state index in [-0.39, 0.29) is 0 Å². The SMILES string of the molecule is N#C/C(=C\c1cccc2ccccc12)c1cc2ccccc2[nH]1. The molecule has 1 heterocycles. The predicted octanol–water partition coefficient (Wildman–Crippen LogP) is 5.39. The molecule has 0 bridgehead atoms. The Bertz CT molecular complexity index is 1040. The van der Waals surface area contributed by atoms with E-state index in [4.69, 9.17) is 0 Å². The third-order valence-corrected chi connectivity index (χ3v) is 4.06. The first-order valence-corrected chi connectivity index (χ1v) is 7.53. The molecule has 0 aliphatic rings. The molecule has 0 atom stereocenters. The molecule has 2 heteroatoms. The van der Waals surface area contributed by atoms with Crippen LogP contribution in [0.2, 0.25) is 0 Å². The molecule has 3 aromatic carbocycles. The van der Waals surface area contributed by atoms with Gasteiger partial charge >= 0.3 is 0 Å². The van der Waals surface area contributed by atoms with E-state index in [0.717, 1.165) is 27.5 Å². The van der Waals surface area contributed by atoms with Crippen LogP contribution in [0.15, 0.2) is 72.8 Å². The van der Waals surface area contributed by atoms with Crippen molar-refractivity contribution in [3.05, 3.63) is 84.1 Å². The molecule has 4 rings (SSSR count). The summed E-state index contributed by atoms with van der Waals surface area (Å²) in [4.78, 5) is 3.32. The molecule has 1 aromatic heterocycles. The van der Waals surface area contributed by atoms with Gasteiger partial charge in [0, 0.05) is 10.9 Å². The van der Waals surface area contributed by atoms with Crippen LogP contribution >= 0.6 is 0 Å². The molecule has 0 amide bonds. The Balaban J connectivity index is 1.88. The summed E-state index contributed by atoms with van der Waals surface area (Å²) in [6, 6.07) is 26.8. The third-order valence-electron chi connectivity index (χ3n) is 4.06. The van der Waals surface area contributed by atoms with Gasteiger partial charge in [-0.25, -0.2) is 0 Å². The van der Waals surface area contributed by atoms with E-state index >= 15 is 0 Å². The smallest absolute Gasteiger partial charge is 0.101 e. The van der Waals surface area contributed by atoms with Crippen LogP contribution in [0, 0.1) is 11.3 Å². The minimum absolute atomic E-state index is 0.637. The normalized spacial score (nSPS) is 11.7. The molecule has 4 aromatic rings. The van der Waals surface area contributed by atoms with Crippen LogP contribution in [0.1, 0.15) is 11.3 Å². The molecule has 0 unspecified atom stereocenters. The number of H-pyrrole nitrogens is 1. The average Bonchev–Trinajstić information content (AvgIpc) is 3.03.